The number of ketones is 2. The van der Waals surface area contributed by atoms with Crippen LogP contribution in [0.1, 0.15) is 99.8 Å². The smallest absolute Gasteiger partial charge is 0.316 e. The number of aliphatic hydroxyl groups excluding tert-OH is 1. The number of hydrogen-bond donors (Lipinski definition) is 2. The van der Waals surface area contributed by atoms with Crippen LogP contribution >= 0.6 is 0 Å². The maximum atomic E-state index is 14.6. The Hall–Kier alpha value is -3.09. The van der Waals surface area contributed by atoms with Crippen LogP contribution in [0, 0.1) is 34.0 Å². The van der Waals surface area contributed by atoms with Crippen LogP contribution in [0.5, 0.6) is 0 Å². The maximum absolute atomic E-state index is 14.6. The van der Waals surface area contributed by atoms with Crippen LogP contribution in [0.25, 0.3) is 0 Å². The van der Waals surface area contributed by atoms with E-state index in [0.29, 0.717) is 19.3 Å². The Morgan fingerprint density at radius 1 is 1.06 bits per heavy atom. The van der Waals surface area contributed by atoms with Gasteiger partial charge in [-0.15, -0.1) is 0 Å². The van der Waals surface area contributed by atoms with Crippen molar-refractivity contribution in [1.29, 1.82) is 0 Å². The predicted octanol–water partition coefficient (Wildman–Crippen LogP) is 7.64. The first kappa shape index (κ1) is 35.2. The molecule has 0 aromatic carbocycles. The molecule has 5 aliphatic rings. The van der Waals surface area contributed by atoms with Crippen LogP contribution in [-0.4, -0.2) is 46.1 Å². The number of esters is 1. The van der Waals surface area contributed by atoms with Crippen molar-refractivity contribution >= 4 is 17.5 Å². The van der Waals surface area contributed by atoms with E-state index in [2.05, 4.69) is 51.2 Å². The third-order valence-corrected chi connectivity index (χ3v) is 12.9. The molecule has 6 nitrogen and oxygen atoms in total. The highest BCUT2D eigenvalue weighted by Gasteiger charge is 2.69. The lowest BCUT2D eigenvalue weighted by Crippen LogP contribution is -2.62. The number of carbonyl (C=O) groups excluding carboxylic acids is 3. The van der Waals surface area contributed by atoms with Crippen LogP contribution in [0.3, 0.4) is 0 Å². The lowest BCUT2D eigenvalue weighted by molar-refractivity contribution is -0.197. The average Bonchev–Trinajstić information content (AvgIpc) is 3.30. The highest BCUT2D eigenvalue weighted by Crippen LogP contribution is 2.67. The van der Waals surface area contributed by atoms with Gasteiger partial charge in [0, 0.05) is 16.7 Å². The first-order chi connectivity index (χ1) is 22.1. The van der Waals surface area contributed by atoms with Gasteiger partial charge in [0.15, 0.2) is 11.6 Å². The molecule has 5 rings (SSSR count). The van der Waals surface area contributed by atoms with Gasteiger partial charge in [0.05, 0.1) is 5.41 Å². The van der Waals surface area contributed by atoms with Gasteiger partial charge >= 0.3 is 5.97 Å². The van der Waals surface area contributed by atoms with Gasteiger partial charge in [-0.1, -0.05) is 78.7 Å². The summed E-state index contributed by atoms with van der Waals surface area (Å²) in [6, 6.07) is 0. The molecule has 254 valence electrons. The highest BCUT2D eigenvalue weighted by atomic mass is 16.5. The monoisotopic (exact) mass is 642 g/mol. The van der Waals surface area contributed by atoms with E-state index in [-0.39, 0.29) is 35.9 Å². The van der Waals surface area contributed by atoms with Crippen molar-refractivity contribution < 1.29 is 29.3 Å². The van der Waals surface area contributed by atoms with E-state index in [1.165, 1.54) is 11.1 Å². The van der Waals surface area contributed by atoms with Gasteiger partial charge in [-0.3, -0.25) is 14.4 Å². The summed E-state index contributed by atoms with van der Waals surface area (Å²) in [4.78, 5) is 40.2. The van der Waals surface area contributed by atoms with Crippen molar-refractivity contribution in [3.05, 3.63) is 82.5 Å². The third-order valence-electron chi connectivity index (χ3n) is 12.9. The summed E-state index contributed by atoms with van der Waals surface area (Å²) in [7, 11) is 0. The summed E-state index contributed by atoms with van der Waals surface area (Å²) >= 11 is 0. The second kappa shape index (κ2) is 13.1. The van der Waals surface area contributed by atoms with Gasteiger partial charge in [-0.25, -0.2) is 0 Å². The fraction of sp³-hybridized carbons (Fsp3) is 0.585. The normalized spacial score (nSPS) is 39.2. The fourth-order valence-electron chi connectivity index (χ4n) is 9.97. The first-order valence-corrected chi connectivity index (χ1v) is 17.5. The molecule has 0 saturated heterocycles. The van der Waals surface area contributed by atoms with Gasteiger partial charge < -0.3 is 14.9 Å². The molecular formula is C41H54O6. The number of hydrogen-bond acceptors (Lipinski definition) is 6. The largest absolute Gasteiger partial charge is 0.461 e. The second-order valence-corrected chi connectivity index (χ2v) is 15.6. The van der Waals surface area contributed by atoms with E-state index in [4.69, 9.17) is 4.74 Å². The lowest BCUT2D eigenvalue weighted by atomic mass is 9.46. The van der Waals surface area contributed by atoms with Crippen LogP contribution in [0.15, 0.2) is 82.5 Å². The zero-order valence-electron chi connectivity index (χ0n) is 29.4. The molecule has 1 unspecified atom stereocenters. The molecular weight excluding hydrogens is 588 g/mol. The number of Topliss-reactive ketones (excluding diaryl/α,β-unsaturated/α-hetero) is 1. The predicted molar refractivity (Wildman–Crippen MR) is 185 cm³/mol. The molecule has 47 heavy (non-hydrogen) atoms. The van der Waals surface area contributed by atoms with Gasteiger partial charge in [0.1, 0.15) is 18.3 Å². The van der Waals surface area contributed by atoms with Crippen molar-refractivity contribution in [2.45, 2.75) is 112 Å². The van der Waals surface area contributed by atoms with Crippen LogP contribution < -0.4 is 0 Å². The van der Waals surface area contributed by atoms with E-state index < -0.39 is 40.3 Å². The SMILES string of the molecule is C/C=C(C)/C=C/C=C(C)/C=C/C1=C(C)CCCC1(C)C(=O)O[C@H]1C[C@@]2(C)[C@@H](CC[C@]2(O)C(=O)CO)[C@@H]2CCC3=CC(=O)C=C[C@]3(C)[C@H]21. The number of rotatable bonds is 8. The molecule has 0 aromatic heterocycles. The van der Waals surface area contributed by atoms with E-state index in [9.17, 15) is 24.6 Å². The zero-order valence-corrected chi connectivity index (χ0v) is 29.4. The molecule has 5 aliphatic carbocycles. The number of ether oxygens (including phenoxy) is 1. The Morgan fingerprint density at radius 2 is 1.81 bits per heavy atom. The summed E-state index contributed by atoms with van der Waals surface area (Å²) in [5.41, 5.74) is 1.62. The Balaban J connectivity index is 1.51. The molecule has 8 atom stereocenters. The van der Waals surface area contributed by atoms with Gasteiger partial charge in [-0.2, -0.15) is 0 Å². The number of fused-ring (bicyclic) bond motifs is 5. The quantitative estimate of drug-likeness (QED) is 0.209. The molecule has 0 bridgehead atoms. The maximum Gasteiger partial charge on any atom is 0.316 e. The van der Waals surface area contributed by atoms with Crippen molar-refractivity contribution in [1.82, 2.24) is 0 Å². The van der Waals surface area contributed by atoms with Crippen LogP contribution in [0.2, 0.25) is 0 Å². The minimum absolute atomic E-state index is 0.0162. The minimum atomic E-state index is -1.68. The fourth-order valence-corrected chi connectivity index (χ4v) is 9.97. The van der Waals surface area contributed by atoms with Gasteiger partial charge in [0.2, 0.25) is 0 Å². The summed E-state index contributed by atoms with van der Waals surface area (Å²) in [5.74, 6) is -0.848. The topological polar surface area (TPSA) is 101 Å². The number of carbonyl (C=O) groups is 3. The Morgan fingerprint density at radius 3 is 2.51 bits per heavy atom. The Kier molecular flexibility index (Phi) is 9.80. The molecule has 2 N–H and O–H groups in total. The van der Waals surface area contributed by atoms with E-state index in [0.717, 1.165) is 42.4 Å². The standard InChI is InChI=1S/C41H54O6/c1-8-26(2)11-9-12-27(3)14-17-32-28(4)13-10-20-39(32,6)37(45)47-34-24-40(7)33(19-22-41(40,46)35(44)25-42)31-16-15-29-23-30(43)18-21-38(29,5)36(31)34/h8-9,11-12,14,17-18,21,23,31,33-34,36,42,46H,10,13,15-16,19-20,22,24-25H2,1-7H3/b11-9+,17-14+,26-8+,27-12+/t31-,33-,34-,36+,38-,39?,40-,41-/m0/s1. The highest BCUT2D eigenvalue weighted by molar-refractivity contribution is 6.01. The Bertz CT molecular complexity index is 1530. The van der Waals surface area contributed by atoms with Crippen molar-refractivity contribution in [2.75, 3.05) is 6.61 Å². The molecule has 0 aliphatic heterocycles. The summed E-state index contributed by atoms with van der Waals surface area (Å²) in [6.07, 6.45) is 22.5. The van der Waals surface area contributed by atoms with Crippen LogP contribution in [-0.2, 0) is 19.1 Å². The summed E-state index contributed by atoms with van der Waals surface area (Å²) in [6.45, 7) is 13.6. The van der Waals surface area contributed by atoms with Gasteiger partial charge in [0.25, 0.3) is 0 Å². The Labute approximate surface area is 281 Å². The molecule has 0 amide bonds. The van der Waals surface area contributed by atoms with E-state index in [1.54, 1.807) is 12.2 Å². The van der Waals surface area contributed by atoms with Crippen molar-refractivity contribution in [2.24, 2.45) is 34.0 Å². The van der Waals surface area contributed by atoms with Crippen molar-refractivity contribution in [3.8, 4) is 0 Å². The summed E-state index contributed by atoms with van der Waals surface area (Å²) < 4.78 is 6.74. The second-order valence-electron chi connectivity index (χ2n) is 15.6. The number of allylic oxidation sites excluding steroid dienone is 13. The van der Waals surface area contributed by atoms with Crippen molar-refractivity contribution in [3.63, 3.8) is 0 Å². The molecule has 3 fully saturated rings. The van der Waals surface area contributed by atoms with E-state index >= 15 is 0 Å². The first-order valence-electron chi connectivity index (χ1n) is 17.5. The average molecular weight is 643 g/mol. The molecule has 0 radical (unpaired) electrons. The lowest BCUT2D eigenvalue weighted by Gasteiger charge is -2.60. The molecule has 0 heterocycles. The third kappa shape index (κ3) is 5.94. The molecule has 3 saturated carbocycles. The molecule has 0 spiro atoms. The zero-order chi connectivity index (χ0) is 34.4. The van der Waals surface area contributed by atoms with E-state index in [1.807, 2.05) is 39.8 Å². The van der Waals surface area contributed by atoms with Gasteiger partial charge in [-0.05, 0) is 116 Å². The van der Waals surface area contributed by atoms with Crippen LogP contribution in [0.4, 0.5) is 0 Å². The summed E-state index contributed by atoms with van der Waals surface area (Å²) in [5, 5.41) is 21.8. The minimum Gasteiger partial charge on any atom is -0.461 e. The molecule has 6 heteroatoms. The number of aliphatic hydroxyl groups is 2. The molecule has 0 aromatic rings.